The molecular formula is C18H22N4O4S. The number of carbonyl (C=O) groups is 3. The molecule has 144 valence electrons. The Kier molecular flexibility index (Phi) is 5.31. The van der Waals surface area contributed by atoms with Crippen LogP contribution >= 0.6 is 11.3 Å². The fourth-order valence-corrected chi connectivity index (χ4v) is 3.98. The van der Waals surface area contributed by atoms with E-state index in [0.717, 1.165) is 20.9 Å². The number of anilines is 1. The highest BCUT2D eigenvalue weighted by Crippen LogP contribution is 2.29. The van der Waals surface area contributed by atoms with E-state index >= 15 is 0 Å². The Bertz CT molecular complexity index is 891. The average Bonchev–Trinajstić information content (AvgIpc) is 3.14. The van der Waals surface area contributed by atoms with Crippen LogP contribution in [0.3, 0.4) is 0 Å². The van der Waals surface area contributed by atoms with Crippen molar-refractivity contribution < 1.29 is 19.1 Å². The number of imide groups is 1. The SMILES string of the molecule is CCOc1ccc2nc(NC(=O)CN3C(=O)NC(CC)(CC)C3=O)sc2c1. The lowest BCUT2D eigenvalue weighted by Crippen LogP contribution is -2.46. The van der Waals surface area contributed by atoms with Crippen LogP contribution in [-0.4, -0.2) is 46.4 Å². The second kappa shape index (κ2) is 7.51. The Balaban J connectivity index is 1.70. The molecular weight excluding hydrogens is 368 g/mol. The molecule has 0 radical (unpaired) electrons. The highest BCUT2D eigenvalue weighted by Gasteiger charge is 2.49. The maximum absolute atomic E-state index is 12.6. The van der Waals surface area contributed by atoms with Crippen molar-refractivity contribution in [2.75, 3.05) is 18.5 Å². The van der Waals surface area contributed by atoms with Crippen molar-refractivity contribution in [1.82, 2.24) is 15.2 Å². The molecule has 1 aliphatic heterocycles. The van der Waals surface area contributed by atoms with Gasteiger partial charge in [0.1, 0.15) is 17.8 Å². The topological polar surface area (TPSA) is 101 Å². The van der Waals surface area contributed by atoms with Gasteiger partial charge in [0.25, 0.3) is 5.91 Å². The minimum absolute atomic E-state index is 0.341. The number of carbonyl (C=O) groups excluding carboxylic acids is 3. The number of urea groups is 1. The van der Waals surface area contributed by atoms with E-state index in [1.807, 2.05) is 39.0 Å². The maximum atomic E-state index is 12.6. The van der Waals surface area contributed by atoms with Crippen molar-refractivity contribution in [2.24, 2.45) is 0 Å². The van der Waals surface area contributed by atoms with Crippen LogP contribution in [0.5, 0.6) is 5.75 Å². The highest BCUT2D eigenvalue weighted by atomic mass is 32.1. The molecule has 0 aliphatic carbocycles. The van der Waals surface area contributed by atoms with Crippen molar-refractivity contribution in [3.63, 3.8) is 0 Å². The summed E-state index contributed by atoms with van der Waals surface area (Å²) in [4.78, 5) is 42.4. The van der Waals surface area contributed by atoms with E-state index in [0.29, 0.717) is 24.6 Å². The number of fused-ring (bicyclic) bond motifs is 1. The first-order valence-corrected chi connectivity index (χ1v) is 9.71. The molecule has 3 rings (SSSR count). The Morgan fingerprint density at radius 1 is 1.30 bits per heavy atom. The van der Waals surface area contributed by atoms with Crippen molar-refractivity contribution in [3.05, 3.63) is 18.2 Å². The number of amides is 4. The Hall–Kier alpha value is -2.68. The molecule has 4 amide bonds. The summed E-state index contributed by atoms with van der Waals surface area (Å²) in [5.74, 6) is -0.0924. The summed E-state index contributed by atoms with van der Waals surface area (Å²) in [6, 6.07) is 4.96. The number of thiazole rings is 1. The largest absolute Gasteiger partial charge is 0.494 e. The van der Waals surface area contributed by atoms with Crippen LogP contribution < -0.4 is 15.4 Å². The molecule has 1 aromatic carbocycles. The standard InChI is InChI=1S/C18H22N4O4S/c1-4-18(5-2)15(24)22(17(25)21-18)10-14(23)20-16-19-12-8-7-11(26-6-3)9-13(12)27-16/h7-9H,4-6,10H2,1-3H3,(H,21,25)(H,19,20,23). The van der Waals surface area contributed by atoms with E-state index in [2.05, 4.69) is 15.6 Å². The minimum atomic E-state index is -0.914. The van der Waals surface area contributed by atoms with Crippen LogP contribution in [0.2, 0.25) is 0 Å². The van der Waals surface area contributed by atoms with E-state index in [-0.39, 0.29) is 12.5 Å². The van der Waals surface area contributed by atoms with Crippen molar-refractivity contribution in [1.29, 1.82) is 0 Å². The molecule has 1 aromatic heterocycles. The zero-order valence-corrected chi connectivity index (χ0v) is 16.3. The summed E-state index contributed by atoms with van der Waals surface area (Å²) < 4.78 is 6.34. The third kappa shape index (κ3) is 3.59. The number of hydrogen-bond acceptors (Lipinski definition) is 6. The quantitative estimate of drug-likeness (QED) is 0.708. The van der Waals surface area contributed by atoms with Gasteiger partial charge < -0.3 is 15.4 Å². The van der Waals surface area contributed by atoms with E-state index < -0.39 is 17.5 Å². The van der Waals surface area contributed by atoms with E-state index in [1.54, 1.807) is 0 Å². The molecule has 0 saturated carbocycles. The van der Waals surface area contributed by atoms with Gasteiger partial charge in [0, 0.05) is 0 Å². The Labute approximate surface area is 160 Å². The van der Waals surface area contributed by atoms with Gasteiger partial charge in [0.05, 0.1) is 16.8 Å². The summed E-state index contributed by atoms with van der Waals surface area (Å²) in [5.41, 5.74) is -0.173. The normalized spacial score (nSPS) is 15.9. The highest BCUT2D eigenvalue weighted by molar-refractivity contribution is 7.22. The van der Waals surface area contributed by atoms with E-state index in [4.69, 9.17) is 4.74 Å². The van der Waals surface area contributed by atoms with Crippen molar-refractivity contribution in [2.45, 2.75) is 39.2 Å². The molecule has 1 aliphatic rings. The summed E-state index contributed by atoms with van der Waals surface area (Å²) in [7, 11) is 0. The van der Waals surface area contributed by atoms with Gasteiger partial charge in [0.2, 0.25) is 5.91 Å². The van der Waals surface area contributed by atoms with Gasteiger partial charge in [0.15, 0.2) is 5.13 Å². The van der Waals surface area contributed by atoms with E-state index in [9.17, 15) is 14.4 Å². The second-order valence-corrected chi connectivity index (χ2v) is 7.27. The van der Waals surface area contributed by atoms with Crippen molar-refractivity contribution >= 4 is 44.5 Å². The minimum Gasteiger partial charge on any atom is -0.494 e. The molecule has 2 heterocycles. The van der Waals surface area contributed by atoms with Crippen LogP contribution in [0.25, 0.3) is 10.2 Å². The molecule has 2 aromatic rings. The van der Waals surface area contributed by atoms with Crippen LogP contribution in [-0.2, 0) is 9.59 Å². The summed E-state index contributed by atoms with van der Waals surface area (Å²) >= 11 is 1.31. The molecule has 1 fully saturated rings. The van der Waals surface area contributed by atoms with Gasteiger partial charge in [-0.1, -0.05) is 25.2 Å². The molecule has 2 N–H and O–H groups in total. The molecule has 8 nitrogen and oxygen atoms in total. The molecule has 0 atom stereocenters. The van der Waals surface area contributed by atoms with Gasteiger partial charge in [-0.15, -0.1) is 0 Å². The first-order valence-electron chi connectivity index (χ1n) is 8.89. The van der Waals surface area contributed by atoms with Crippen molar-refractivity contribution in [3.8, 4) is 5.75 Å². The fourth-order valence-electron chi connectivity index (χ4n) is 3.07. The number of rotatable bonds is 7. The fraction of sp³-hybridized carbons (Fsp3) is 0.444. The number of nitrogens with zero attached hydrogens (tertiary/aromatic N) is 2. The lowest BCUT2D eigenvalue weighted by atomic mass is 9.93. The molecule has 0 unspecified atom stereocenters. The molecule has 27 heavy (non-hydrogen) atoms. The summed E-state index contributed by atoms with van der Waals surface area (Å²) in [6.45, 7) is 5.80. The van der Waals surface area contributed by atoms with Crippen LogP contribution in [0.1, 0.15) is 33.6 Å². The van der Waals surface area contributed by atoms with Gasteiger partial charge >= 0.3 is 6.03 Å². The van der Waals surface area contributed by atoms with Gasteiger partial charge in [-0.2, -0.15) is 0 Å². The second-order valence-electron chi connectivity index (χ2n) is 6.24. The number of benzene rings is 1. The van der Waals surface area contributed by atoms with E-state index in [1.165, 1.54) is 11.3 Å². The zero-order chi connectivity index (χ0) is 19.6. The number of hydrogen-bond donors (Lipinski definition) is 2. The predicted molar refractivity (Wildman–Crippen MR) is 103 cm³/mol. The number of nitrogens with one attached hydrogen (secondary N) is 2. The van der Waals surface area contributed by atoms with Gasteiger partial charge in [-0.05, 0) is 38.0 Å². The third-order valence-corrected chi connectivity index (χ3v) is 5.61. The smallest absolute Gasteiger partial charge is 0.325 e. The lowest BCUT2D eigenvalue weighted by Gasteiger charge is -2.22. The Morgan fingerprint density at radius 3 is 2.67 bits per heavy atom. The average molecular weight is 390 g/mol. The zero-order valence-electron chi connectivity index (χ0n) is 15.5. The molecule has 9 heteroatoms. The summed E-state index contributed by atoms with van der Waals surface area (Å²) in [5, 5.41) is 5.78. The first-order chi connectivity index (χ1) is 12.9. The number of ether oxygens (including phenoxy) is 1. The van der Waals surface area contributed by atoms with Crippen LogP contribution in [0.4, 0.5) is 9.93 Å². The van der Waals surface area contributed by atoms with Gasteiger partial charge in [-0.25, -0.2) is 9.78 Å². The lowest BCUT2D eigenvalue weighted by molar-refractivity contribution is -0.134. The van der Waals surface area contributed by atoms with Crippen LogP contribution in [0, 0.1) is 0 Å². The molecule has 0 bridgehead atoms. The first kappa shape index (κ1) is 19.1. The Morgan fingerprint density at radius 2 is 2.04 bits per heavy atom. The van der Waals surface area contributed by atoms with Gasteiger partial charge in [-0.3, -0.25) is 14.5 Å². The van der Waals surface area contributed by atoms with Crippen LogP contribution in [0.15, 0.2) is 18.2 Å². The monoisotopic (exact) mass is 390 g/mol. The third-order valence-electron chi connectivity index (χ3n) is 4.67. The molecule has 0 spiro atoms. The predicted octanol–water partition coefficient (Wildman–Crippen LogP) is 2.74. The maximum Gasteiger partial charge on any atom is 0.325 e. The number of aromatic nitrogens is 1. The molecule has 1 saturated heterocycles. The summed E-state index contributed by atoms with van der Waals surface area (Å²) in [6.07, 6.45) is 0.957.